The minimum atomic E-state index is -0.731. The molecule has 0 fully saturated rings. The molecule has 0 bridgehead atoms. The second kappa shape index (κ2) is 11.8. The van der Waals surface area contributed by atoms with E-state index in [0.29, 0.717) is 33.7 Å². The zero-order valence-electron chi connectivity index (χ0n) is 18.0. The summed E-state index contributed by atoms with van der Waals surface area (Å²) in [6.45, 7) is 1.65. The average Bonchev–Trinajstić information content (AvgIpc) is 3.27. The van der Waals surface area contributed by atoms with Gasteiger partial charge in [-0.2, -0.15) is 0 Å². The Hall–Kier alpha value is -2.97. The molecule has 1 unspecified atom stereocenters. The van der Waals surface area contributed by atoms with E-state index in [1.807, 2.05) is 13.0 Å². The van der Waals surface area contributed by atoms with Gasteiger partial charge in [0.05, 0.1) is 0 Å². The highest BCUT2D eigenvalue weighted by Crippen LogP contribution is 2.32. The molecule has 8 nitrogen and oxygen atoms in total. The molecule has 2 aromatic rings. The molecular weight excluding hydrogens is 471 g/mol. The standard InChI is InChI=1S/C23H24Cl2N2O6/c1-2-3-15(17-6-5-16(24)9-18(17)25)10-26-21(28)12-31-22(29)11-27-23(30)14-4-7-19-20(8-14)33-13-32-19/h4-9,15H,2-3,10-13H2,1H3,(H,26,28)(H,27,30). The van der Waals surface area contributed by atoms with Crippen molar-refractivity contribution in [2.24, 2.45) is 0 Å². The molecule has 2 amide bonds. The van der Waals surface area contributed by atoms with E-state index >= 15 is 0 Å². The Kier molecular flexibility index (Phi) is 8.79. The maximum Gasteiger partial charge on any atom is 0.325 e. The fraction of sp³-hybridized carbons (Fsp3) is 0.348. The molecule has 10 heteroatoms. The van der Waals surface area contributed by atoms with Crippen molar-refractivity contribution in [2.45, 2.75) is 25.7 Å². The first kappa shape index (κ1) is 24.7. The minimum absolute atomic E-state index is 0.000377. The molecule has 2 aromatic carbocycles. The largest absolute Gasteiger partial charge is 0.454 e. The van der Waals surface area contributed by atoms with Crippen LogP contribution in [0.2, 0.25) is 10.0 Å². The maximum absolute atomic E-state index is 12.2. The van der Waals surface area contributed by atoms with Crippen molar-refractivity contribution in [3.8, 4) is 11.5 Å². The third-order valence-corrected chi connectivity index (χ3v) is 5.54. The Balaban J connectivity index is 1.41. The van der Waals surface area contributed by atoms with Gasteiger partial charge in [0.1, 0.15) is 6.54 Å². The van der Waals surface area contributed by atoms with Crippen molar-refractivity contribution < 1.29 is 28.6 Å². The molecule has 0 saturated carbocycles. The van der Waals surface area contributed by atoms with E-state index in [0.717, 1.165) is 18.4 Å². The SMILES string of the molecule is CCCC(CNC(=O)COC(=O)CNC(=O)c1ccc2c(c1)OCO2)c1ccc(Cl)cc1Cl. The van der Waals surface area contributed by atoms with Crippen molar-refractivity contribution in [3.63, 3.8) is 0 Å². The van der Waals surface area contributed by atoms with E-state index in [4.69, 9.17) is 37.4 Å². The van der Waals surface area contributed by atoms with E-state index in [-0.39, 0.29) is 19.3 Å². The van der Waals surface area contributed by atoms with Crippen LogP contribution in [0.25, 0.3) is 0 Å². The predicted molar refractivity (Wildman–Crippen MR) is 123 cm³/mol. The first-order valence-corrected chi connectivity index (χ1v) is 11.2. The van der Waals surface area contributed by atoms with Gasteiger partial charge < -0.3 is 24.8 Å². The number of hydrogen-bond donors (Lipinski definition) is 2. The lowest BCUT2D eigenvalue weighted by Gasteiger charge is -2.19. The van der Waals surface area contributed by atoms with Gasteiger partial charge in [0.25, 0.3) is 11.8 Å². The van der Waals surface area contributed by atoms with Crippen LogP contribution in [0.5, 0.6) is 11.5 Å². The summed E-state index contributed by atoms with van der Waals surface area (Å²) in [7, 11) is 0. The van der Waals surface area contributed by atoms with Crippen LogP contribution < -0.4 is 20.1 Å². The Morgan fingerprint density at radius 1 is 1.06 bits per heavy atom. The summed E-state index contributed by atoms with van der Waals surface area (Å²) in [5, 5.41) is 6.29. The summed E-state index contributed by atoms with van der Waals surface area (Å²) in [4.78, 5) is 36.3. The van der Waals surface area contributed by atoms with Crippen LogP contribution >= 0.6 is 23.2 Å². The number of benzene rings is 2. The van der Waals surface area contributed by atoms with Crippen LogP contribution in [0.15, 0.2) is 36.4 Å². The van der Waals surface area contributed by atoms with Gasteiger partial charge in [-0.25, -0.2) is 0 Å². The highest BCUT2D eigenvalue weighted by molar-refractivity contribution is 6.35. The third kappa shape index (κ3) is 7.00. The number of nitrogens with one attached hydrogen (secondary N) is 2. The minimum Gasteiger partial charge on any atom is -0.454 e. The third-order valence-electron chi connectivity index (χ3n) is 4.98. The van der Waals surface area contributed by atoms with Crippen molar-refractivity contribution in [2.75, 3.05) is 26.5 Å². The average molecular weight is 495 g/mol. The Labute approximate surface area is 201 Å². The Morgan fingerprint density at radius 2 is 1.85 bits per heavy atom. The molecule has 0 aliphatic carbocycles. The fourth-order valence-corrected chi connectivity index (χ4v) is 3.89. The highest BCUT2D eigenvalue weighted by atomic mass is 35.5. The fourth-order valence-electron chi connectivity index (χ4n) is 3.33. The predicted octanol–water partition coefficient (Wildman–Crippen LogP) is 3.70. The van der Waals surface area contributed by atoms with Crippen LogP contribution in [0.1, 0.15) is 41.6 Å². The topological polar surface area (TPSA) is 103 Å². The van der Waals surface area contributed by atoms with Gasteiger partial charge in [-0.1, -0.05) is 42.6 Å². The van der Waals surface area contributed by atoms with Crippen molar-refractivity contribution in [3.05, 3.63) is 57.6 Å². The molecule has 1 aliphatic heterocycles. The quantitative estimate of drug-likeness (QED) is 0.488. The zero-order valence-corrected chi connectivity index (χ0v) is 19.5. The second-order valence-electron chi connectivity index (χ2n) is 7.37. The number of halogens is 2. The Morgan fingerprint density at radius 3 is 2.61 bits per heavy atom. The van der Waals surface area contributed by atoms with Gasteiger partial charge in [0.2, 0.25) is 6.79 Å². The normalized spacial score (nSPS) is 12.7. The summed E-state index contributed by atoms with van der Waals surface area (Å²) >= 11 is 12.3. The smallest absolute Gasteiger partial charge is 0.325 e. The van der Waals surface area contributed by atoms with E-state index < -0.39 is 24.4 Å². The number of hydrogen-bond acceptors (Lipinski definition) is 6. The molecule has 0 radical (unpaired) electrons. The number of carbonyl (C=O) groups is 3. The number of ether oxygens (including phenoxy) is 3. The molecule has 176 valence electrons. The van der Waals surface area contributed by atoms with E-state index in [1.54, 1.807) is 24.3 Å². The summed E-state index contributed by atoms with van der Waals surface area (Å²) in [6, 6.07) is 9.97. The van der Waals surface area contributed by atoms with Crippen LogP contribution in [0, 0.1) is 0 Å². The summed E-state index contributed by atoms with van der Waals surface area (Å²) in [5.41, 5.74) is 1.21. The van der Waals surface area contributed by atoms with Crippen LogP contribution in [-0.4, -0.2) is 44.3 Å². The van der Waals surface area contributed by atoms with Crippen molar-refractivity contribution in [1.82, 2.24) is 10.6 Å². The first-order valence-electron chi connectivity index (χ1n) is 10.4. The van der Waals surface area contributed by atoms with Crippen LogP contribution in [0.3, 0.4) is 0 Å². The van der Waals surface area contributed by atoms with Gasteiger partial charge in [-0.15, -0.1) is 0 Å². The molecule has 1 aliphatic rings. The molecule has 3 rings (SSSR count). The lowest BCUT2D eigenvalue weighted by Crippen LogP contribution is -2.35. The summed E-state index contributed by atoms with van der Waals surface area (Å²) < 4.78 is 15.4. The number of fused-ring (bicyclic) bond motifs is 1. The first-order chi connectivity index (χ1) is 15.9. The van der Waals surface area contributed by atoms with Gasteiger partial charge in [0.15, 0.2) is 18.1 Å². The molecule has 1 heterocycles. The molecule has 2 N–H and O–H groups in total. The lowest BCUT2D eigenvalue weighted by molar-refractivity contribution is -0.147. The monoisotopic (exact) mass is 494 g/mol. The maximum atomic E-state index is 12.2. The number of esters is 1. The van der Waals surface area contributed by atoms with Gasteiger partial charge in [-0.05, 0) is 42.3 Å². The van der Waals surface area contributed by atoms with Gasteiger partial charge in [-0.3, -0.25) is 14.4 Å². The van der Waals surface area contributed by atoms with E-state index in [1.165, 1.54) is 6.07 Å². The highest BCUT2D eigenvalue weighted by Gasteiger charge is 2.18. The van der Waals surface area contributed by atoms with Crippen molar-refractivity contribution >= 4 is 41.0 Å². The van der Waals surface area contributed by atoms with Crippen LogP contribution in [-0.2, 0) is 14.3 Å². The van der Waals surface area contributed by atoms with E-state index in [9.17, 15) is 14.4 Å². The molecule has 0 spiro atoms. The zero-order chi connectivity index (χ0) is 23.8. The molecular formula is C23H24Cl2N2O6. The molecule has 1 atom stereocenters. The summed E-state index contributed by atoms with van der Waals surface area (Å²) in [6.07, 6.45) is 1.71. The molecule has 0 aromatic heterocycles. The number of carbonyl (C=O) groups excluding carboxylic acids is 3. The van der Waals surface area contributed by atoms with Crippen molar-refractivity contribution in [1.29, 1.82) is 0 Å². The molecule has 33 heavy (non-hydrogen) atoms. The Bertz CT molecular complexity index is 1030. The molecule has 0 saturated heterocycles. The summed E-state index contributed by atoms with van der Waals surface area (Å²) in [5.74, 6) is -0.640. The number of amides is 2. The van der Waals surface area contributed by atoms with Gasteiger partial charge in [0, 0.05) is 28.1 Å². The number of rotatable bonds is 10. The van der Waals surface area contributed by atoms with Gasteiger partial charge >= 0.3 is 5.97 Å². The van der Waals surface area contributed by atoms with E-state index in [2.05, 4.69) is 10.6 Å². The second-order valence-corrected chi connectivity index (χ2v) is 8.21. The van der Waals surface area contributed by atoms with Crippen LogP contribution in [0.4, 0.5) is 0 Å². The lowest BCUT2D eigenvalue weighted by atomic mass is 9.94.